The zero-order valence-corrected chi connectivity index (χ0v) is 22.8. The summed E-state index contributed by atoms with van der Waals surface area (Å²) in [5.74, 6) is -0.780. The lowest BCUT2D eigenvalue weighted by Crippen LogP contribution is -2.52. The summed E-state index contributed by atoms with van der Waals surface area (Å²) in [7, 11) is -4.07. The van der Waals surface area contributed by atoms with E-state index in [-0.39, 0.29) is 23.4 Å². The highest BCUT2D eigenvalue weighted by atomic mass is 32.2. The molecule has 196 valence electrons. The summed E-state index contributed by atoms with van der Waals surface area (Å²) >= 11 is 0. The fraction of sp³-hybridized carbons (Fsp3) is 0.310. The highest BCUT2D eigenvalue weighted by Crippen LogP contribution is 2.26. The Balaban J connectivity index is 2.04. The molecule has 37 heavy (non-hydrogen) atoms. The van der Waals surface area contributed by atoms with Gasteiger partial charge in [0, 0.05) is 12.6 Å². The molecule has 8 heteroatoms. The van der Waals surface area contributed by atoms with Crippen LogP contribution in [0, 0.1) is 13.8 Å². The molecule has 0 saturated carbocycles. The molecule has 0 aromatic heterocycles. The van der Waals surface area contributed by atoms with E-state index in [1.165, 1.54) is 17.0 Å². The van der Waals surface area contributed by atoms with Gasteiger partial charge in [0.2, 0.25) is 11.8 Å². The van der Waals surface area contributed by atoms with E-state index >= 15 is 0 Å². The average molecular weight is 522 g/mol. The molecule has 0 aliphatic carbocycles. The maximum atomic E-state index is 13.9. The molecule has 3 aromatic carbocycles. The molecule has 1 unspecified atom stereocenters. The van der Waals surface area contributed by atoms with Crippen LogP contribution < -0.4 is 9.62 Å². The van der Waals surface area contributed by atoms with Crippen molar-refractivity contribution in [2.75, 3.05) is 10.8 Å². The second-order valence-corrected chi connectivity index (χ2v) is 11.4. The zero-order chi connectivity index (χ0) is 27.2. The van der Waals surface area contributed by atoms with Gasteiger partial charge in [-0.05, 0) is 75.6 Å². The molecule has 0 spiro atoms. The topological polar surface area (TPSA) is 86.8 Å². The Bertz CT molecular complexity index is 1310. The third kappa shape index (κ3) is 7.20. The van der Waals surface area contributed by atoms with E-state index in [2.05, 4.69) is 5.32 Å². The van der Waals surface area contributed by atoms with Gasteiger partial charge in [-0.2, -0.15) is 0 Å². The van der Waals surface area contributed by atoms with Crippen LogP contribution in [0.1, 0.15) is 37.5 Å². The van der Waals surface area contributed by atoms with Gasteiger partial charge in [-0.25, -0.2) is 8.42 Å². The van der Waals surface area contributed by atoms with E-state index in [0.717, 1.165) is 21.0 Å². The van der Waals surface area contributed by atoms with Crippen molar-refractivity contribution >= 4 is 27.5 Å². The molecule has 1 atom stereocenters. The number of sulfonamides is 1. The fourth-order valence-electron chi connectivity index (χ4n) is 4.11. The summed E-state index contributed by atoms with van der Waals surface area (Å²) in [6.07, 6.45) is 0. The molecule has 0 aliphatic heterocycles. The molecule has 3 aromatic rings. The summed E-state index contributed by atoms with van der Waals surface area (Å²) in [6, 6.07) is 21.9. The van der Waals surface area contributed by atoms with Crippen molar-refractivity contribution in [3.63, 3.8) is 0 Å². The Labute approximate surface area is 220 Å². The number of nitrogens with one attached hydrogen (secondary N) is 1. The maximum Gasteiger partial charge on any atom is 0.264 e. The number of rotatable bonds is 10. The van der Waals surface area contributed by atoms with Crippen LogP contribution in [0.4, 0.5) is 5.69 Å². The minimum Gasteiger partial charge on any atom is -0.352 e. The van der Waals surface area contributed by atoms with Gasteiger partial charge >= 0.3 is 0 Å². The van der Waals surface area contributed by atoms with Crippen molar-refractivity contribution in [2.45, 2.75) is 58.1 Å². The first kappa shape index (κ1) is 27.9. The van der Waals surface area contributed by atoms with Gasteiger partial charge in [0.25, 0.3) is 10.0 Å². The average Bonchev–Trinajstić information content (AvgIpc) is 2.85. The number of amides is 2. The first-order valence-corrected chi connectivity index (χ1v) is 13.7. The standard InChI is InChI=1S/C29H35N3O4S/c1-21(2)30-29(34)24(5)31(19-25-12-8-6-9-13-25)28(33)20-32(26-17-22(3)16-23(4)18-26)37(35,36)27-14-10-7-11-15-27/h6-18,21,24H,19-20H2,1-5H3,(H,30,34). The van der Waals surface area contributed by atoms with Gasteiger partial charge in [0.1, 0.15) is 12.6 Å². The summed E-state index contributed by atoms with van der Waals surface area (Å²) < 4.78 is 28.7. The first-order chi connectivity index (χ1) is 17.5. The minimum atomic E-state index is -4.07. The molecule has 7 nitrogen and oxygen atoms in total. The van der Waals surface area contributed by atoms with Gasteiger partial charge in [0.15, 0.2) is 0 Å². The summed E-state index contributed by atoms with van der Waals surface area (Å²) in [6.45, 7) is 8.83. The van der Waals surface area contributed by atoms with Crippen LogP contribution in [0.5, 0.6) is 0 Å². The van der Waals surface area contributed by atoms with Gasteiger partial charge in [-0.15, -0.1) is 0 Å². The Morgan fingerprint density at radius 3 is 1.92 bits per heavy atom. The van der Waals surface area contributed by atoms with Crippen LogP contribution in [0.15, 0.2) is 83.8 Å². The monoisotopic (exact) mass is 521 g/mol. The molecule has 0 aliphatic rings. The highest BCUT2D eigenvalue weighted by molar-refractivity contribution is 7.92. The highest BCUT2D eigenvalue weighted by Gasteiger charge is 2.32. The zero-order valence-electron chi connectivity index (χ0n) is 22.0. The molecule has 1 N–H and O–H groups in total. The SMILES string of the molecule is Cc1cc(C)cc(N(CC(=O)N(Cc2ccccc2)C(C)C(=O)NC(C)C)S(=O)(=O)c2ccccc2)c1. The second kappa shape index (κ2) is 12.1. The summed E-state index contributed by atoms with van der Waals surface area (Å²) in [5.41, 5.74) is 2.99. The molecule has 0 heterocycles. The summed E-state index contributed by atoms with van der Waals surface area (Å²) in [5, 5.41) is 2.85. The van der Waals surface area contributed by atoms with Gasteiger partial charge in [-0.1, -0.05) is 54.6 Å². The fourth-order valence-corrected chi connectivity index (χ4v) is 5.53. The van der Waals surface area contributed by atoms with Crippen LogP contribution in [0.2, 0.25) is 0 Å². The maximum absolute atomic E-state index is 13.9. The second-order valence-electron chi connectivity index (χ2n) is 9.52. The van der Waals surface area contributed by atoms with Crippen LogP contribution in [-0.4, -0.2) is 43.8 Å². The number of aryl methyl sites for hydroxylation is 2. The quantitative estimate of drug-likeness (QED) is 0.427. The van der Waals surface area contributed by atoms with E-state index in [0.29, 0.717) is 5.69 Å². The molecule has 0 saturated heterocycles. The number of carbonyl (C=O) groups excluding carboxylic acids is 2. The number of benzene rings is 3. The van der Waals surface area contributed by atoms with Crippen LogP contribution >= 0.6 is 0 Å². The van der Waals surface area contributed by atoms with E-state index in [4.69, 9.17) is 0 Å². The largest absolute Gasteiger partial charge is 0.352 e. The Kier molecular flexibility index (Phi) is 9.10. The number of anilines is 1. The number of hydrogen-bond acceptors (Lipinski definition) is 4. The minimum absolute atomic E-state index is 0.0853. The van der Waals surface area contributed by atoms with E-state index in [1.807, 2.05) is 64.1 Å². The molecule has 3 rings (SSSR count). The van der Waals surface area contributed by atoms with E-state index < -0.39 is 28.5 Å². The lowest BCUT2D eigenvalue weighted by molar-refractivity contribution is -0.139. The smallest absolute Gasteiger partial charge is 0.264 e. The van der Waals surface area contributed by atoms with Crippen LogP contribution in [0.3, 0.4) is 0 Å². The number of carbonyl (C=O) groups is 2. The third-order valence-electron chi connectivity index (χ3n) is 5.90. The lowest BCUT2D eigenvalue weighted by atomic mass is 10.1. The normalized spacial score (nSPS) is 12.2. The first-order valence-electron chi connectivity index (χ1n) is 12.3. The van der Waals surface area contributed by atoms with Crippen molar-refractivity contribution < 1.29 is 18.0 Å². The van der Waals surface area contributed by atoms with E-state index in [1.54, 1.807) is 37.3 Å². The van der Waals surface area contributed by atoms with Gasteiger partial charge in [-0.3, -0.25) is 13.9 Å². The van der Waals surface area contributed by atoms with Crippen molar-refractivity contribution in [3.05, 3.63) is 95.6 Å². The lowest BCUT2D eigenvalue weighted by Gasteiger charge is -2.32. The molecule has 0 radical (unpaired) electrons. The Morgan fingerprint density at radius 2 is 1.38 bits per heavy atom. The number of nitrogens with zero attached hydrogens (tertiary/aromatic N) is 2. The predicted molar refractivity (Wildman–Crippen MR) is 147 cm³/mol. The molecular weight excluding hydrogens is 486 g/mol. The van der Waals surface area contributed by atoms with Crippen molar-refractivity contribution in [1.29, 1.82) is 0 Å². The molecular formula is C29H35N3O4S. The van der Waals surface area contributed by atoms with Gasteiger partial charge in [0.05, 0.1) is 10.6 Å². The van der Waals surface area contributed by atoms with Crippen molar-refractivity contribution in [2.24, 2.45) is 0 Å². The number of hydrogen-bond donors (Lipinski definition) is 1. The molecule has 0 fully saturated rings. The predicted octanol–water partition coefficient (Wildman–Crippen LogP) is 4.44. The van der Waals surface area contributed by atoms with Gasteiger partial charge < -0.3 is 10.2 Å². The van der Waals surface area contributed by atoms with E-state index in [9.17, 15) is 18.0 Å². The molecule has 0 bridgehead atoms. The molecule has 2 amide bonds. The summed E-state index contributed by atoms with van der Waals surface area (Å²) in [4.78, 5) is 28.3. The third-order valence-corrected chi connectivity index (χ3v) is 7.69. The Morgan fingerprint density at radius 1 is 0.838 bits per heavy atom. The Hall–Kier alpha value is -3.65. The van der Waals surface area contributed by atoms with Crippen LogP contribution in [-0.2, 0) is 26.2 Å². The van der Waals surface area contributed by atoms with Crippen LogP contribution in [0.25, 0.3) is 0 Å². The van der Waals surface area contributed by atoms with Crippen molar-refractivity contribution in [1.82, 2.24) is 10.2 Å². The van der Waals surface area contributed by atoms with Crippen molar-refractivity contribution in [3.8, 4) is 0 Å².